The fourth-order valence-corrected chi connectivity index (χ4v) is 3.33. The van der Waals surface area contributed by atoms with Crippen LogP contribution in [-0.4, -0.2) is 8.42 Å². The van der Waals surface area contributed by atoms with Gasteiger partial charge in [0.05, 0.1) is 15.5 Å². The molecule has 2 aromatic carbocycles. The van der Waals surface area contributed by atoms with E-state index in [0.29, 0.717) is 6.07 Å². The zero-order valence-corrected chi connectivity index (χ0v) is 14.4. The van der Waals surface area contributed by atoms with Crippen LogP contribution in [0.4, 0.5) is 18.9 Å². The lowest BCUT2D eigenvalue weighted by Gasteiger charge is -2.13. The monoisotopic (exact) mass is 377 g/mol. The summed E-state index contributed by atoms with van der Waals surface area (Å²) in [5.74, 6) is 0.236. The minimum atomic E-state index is -4.67. The molecule has 1 N–H and O–H groups in total. The predicted octanol–water partition coefficient (Wildman–Crippen LogP) is 5.28. The van der Waals surface area contributed by atoms with E-state index in [9.17, 15) is 21.6 Å². The molecule has 0 aliphatic heterocycles. The van der Waals surface area contributed by atoms with Crippen LogP contribution in [0.2, 0.25) is 5.02 Å². The van der Waals surface area contributed by atoms with Gasteiger partial charge in [-0.2, -0.15) is 13.2 Å². The van der Waals surface area contributed by atoms with E-state index in [4.69, 9.17) is 11.6 Å². The fourth-order valence-electron chi connectivity index (χ4n) is 2.05. The molecule has 0 aromatic heterocycles. The minimum Gasteiger partial charge on any atom is -0.280 e. The second kappa shape index (κ2) is 6.64. The second-order valence-corrected chi connectivity index (χ2v) is 7.61. The van der Waals surface area contributed by atoms with Gasteiger partial charge in [-0.05, 0) is 41.8 Å². The molecule has 0 radical (unpaired) electrons. The Morgan fingerprint density at radius 2 is 1.62 bits per heavy atom. The lowest BCUT2D eigenvalue weighted by atomic mass is 10.0. The molecule has 0 saturated heterocycles. The Hall–Kier alpha value is -1.73. The lowest BCUT2D eigenvalue weighted by Crippen LogP contribution is -2.14. The Labute approximate surface area is 143 Å². The van der Waals surface area contributed by atoms with E-state index >= 15 is 0 Å². The van der Waals surface area contributed by atoms with Gasteiger partial charge in [0, 0.05) is 5.69 Å². The Kier molecular flexibility index (Phi) is 5.15. The number of alkyl halides is 3. The van der Waals surface area contributed by atoms with Crippen LogP contribution in [0.1, 0.15) is 30.9 Å². The molecule has 0 amide bonds. The molecule has 0 atom stereocenters. The number of benzene rings is 2. The first-order valence-electron chi connectivity index (χ1n) is 7.00. The molecule has 0 unspecified atom stereocenters. The van der Waals surface area contributed by atoms with Crippen LogP contribution in [0.5, 0.6) is 0 Å². The Balaban J connectivity index is 2.32. The Morgan fingerprint density at radius 1 is 1.04 bits per heavy atom. The summed E-state index contributed by atoms with van der Waals surface area (Å²) in [7, 11) is -3.99. The van der Waals surface area contributed by atoms with Gasteiger partial charge in [-0.15, -0.1) is 0 Å². The molecule has 3 nitrogen and oxygen atoms in total. The van der Waals surface area contributed by atoms with Crippen molar-refractivity contribution in [1.82, 2.24) is 0 Å². The van der Waals surface area contributed by atoms with Crippen molar-refractivity contribution in [3.63, 3.8) is 0 Å². The van der Waals surface area contributed by atoms with Crippen molar-refractivity contribution in [3.05, 3.63) is 58.6 Å². The summed E-state index contributed by atoms with van der Waals surface area (Å²) in [5, 5.41) is -0.494. The maximum absolute atomic E-state index is 12.8. The van der Waals surface area contributed by atoms with Gasteiger partial charge in [-0.1, -0.05) is 37.6 Å². The van der Waals surface area contributed by atoms with E-state index in [0.717, 1.165) is 11.6 Å². The smallest absolute Gasteiger partial charge is 0.280 e. The van der Waals surface area contributed by atoms with E-state index < -0.39 is 26.8 Å². The van der Waals surface area contributed by atoms with Gasteiger partial charge in [0.25, 0.3) is 10.0 Å². The van der Waals surface area contributed by atoms with Crippen LogP contribution in [0.15, 0.2) is 47.4 Å². The summed E-state index contributed by atoms with van der Waals surface area (Å²) in [4.78, 5) is -0.0320. The van der Waals surface area contributed by atoms with Gasteiger partial charge < -0.3 is 0 Å². The SMILES string of the molecule is CC(C)c1ccc(S(=O)(=O)Nc2ccc(Cl)c(C(F)(F)F)c2)cc1. The standard InChI is InChI=1S/C16H15ClF3NO2S/c1-10(2)11-3-6-13(7-4-11)24(22,23)21-12-5-8-15(17)14(9-12)16(18,19)20/h3-10,21H,1-2H3. The molecule has 130 valence electrons. The highest BCUT2D eigenvalue weighted by atomic mass is 35.5. The van der Waals surface area contributed by atoms with Crippen LogP contribution in [-0.2, 0) is 16.2 Å². The number of anilines is 1. The predicted molar refractivity (Wildman–Crippen MR) is 87.8 cm³/mol. The summed E-state index contributed by atoms with van der Waals surface area (Å²) >= 11 is 5.52. The average Bonchev–Trinajstić information content (AvgIpc) is 2.48. The van der Waals surface area contributed by atoms with Crippen LogP contribution >= 0.6 is 11.6 Å². The first-order valence-corrected chi connectivity index (χ1v) is 8.86. The Morgan fingerprint density at radius 3 is 2.12 bits per heavy atom. The third kappa shape index (κ3) is 4.21. The molecule has 0 heterocycles. The quantitative estimate of drug-likeness (QED) is 0.787. The number of hydrogen-bond acceptors (Lipinski definition) is 2. The molecule has 8 heteroatoms. The first kappa shape index (κ1) is 18.6. The van der Waals surface area contributed by atoms with Crippen LogP contribution in [0.3, 0.4) is 0 Å². The van der Waals surface area contributed by atoms with Crippen LogP contribution < -0.4 is 4.72 Å². The zero-order chi connectivity index (χ0) is 18.1. The molecular weight excluding hydrogens is 363 g/mol. The summed E-state index contributed by atoms with van der Waals surface area (Å²) in [6.07, 6.45) is -4.67. The summed E-state index contributed by atoms with van der Waals surface area (Å²) in [6.45, 7) is 3.93. The number of sulfonamides is 1. The van der Waals surface area contributed by atoms with Crippen molar-refractivity contribution >= 4 is 27.3 Å². The van der Waals surface area contributed by atoms with Crippen molar-refractivity contribution in [1.29, 1.82) is 0 Å². The molecule has 24 heavy (non-hydrogen) atoms. The van der Waals surface area contributed by atoms with Gasteiger partial charge in [-0.25, -0.2) is 8.42 Å². The molecular formula is C16H15ClF3NO2S. The highest BCUT2D eigenvalue weighted by Gasteiger charge is 2.33. The largest absolute Gasteiger partial charge is 0.417 e. The topological polar surface area (TPSA) is 46.2 Å². The molecule has 0 spiro atoms. The number of nitrogens with one attached hydrogen (secondary N) is 1. The third-order valence-corrected chi connectivity index (χ3v) is 5.11. The summed E-state index contributed by atoms with van der Waals surface area (Å²) < 4.78 is 65.3. The minimum absolute atomic E-state index is 0.0320. The van der Waals surface area contributed by atoms with Crippen LogP contribution in [0.25, 0.3) is 0 Å². The third-order valence-electron chi connectivity index (χ3n) is 3.38. The van der Waals surface area contributed by atoms with Crippen molar-refractivity contribution in [2.75, 3.05) is 4.72 Å². The Bertz CT molecular complexity index is 831. The number of hydrogen-bond donors (Lipinski definition) is 1. The molecule has 0 saturated carbocycles. The molecule has 0 aliphatic rings. The zero-order valence-electron chi connectivity index (χ0n) is 12.9. The van der Waals surface area contributed by atoms with Gasteiger partial charge in [0.1, 0.15) is 0 Å². The summed E-state index contributed by atoms with van der Waals surface area (Å²) in [5.41, 5.74) is -0.348. The molecule has 0 bridgehead atoms. The number of halogens is 4. The summed E-state index contributed by atoms with van der Waals surface area (Å²) in [6, 6.07) is 9.02. The highest BCUT2D eigenvalue weighted by molar-refractivity contribution is 7.92. The van der Waals surface area contributed by atoms with E-state index in [1.54, 1.807) is 12.1 Å². The van der Waals surface area contributed by atoms with Crippen molar-refractivity contribution in [3.8, 4) is 0 Å². The van der Waals surface area contributed by atoms with Gasteiger partial charge in [0.15, 0.2) is 0 Å². The lowest BCUT2D eigenvalue weighted by molar-refractivity contribution is -0.137. The fraction of sp³-hybridized carbons (Fsp3) is 0.250. The second-order valence-electron chi connectivity index (χ2n) is 5.52. The molecule has 2 aromatic rings. The molecule has 0 aliphatic carbocycles. The van der Waals surface area contributed by atoms with Gasteiger partial charge in [0.2, 0.25) is 0 Å². The van der Waals surface area contributed by atoms with Crippen molar-refractivity contribution in [2.24, 2.45) is 0 Å². The van der Waals surface area contributed by atoms with Crippen molar-refractivity contribution < 1.29 is 21.6 Å². The average molecular weight is 378 g/mol. The van der Waals surface area contributed by atoms with E-state index in [2.05, 4.69) is 4.72 Å². The maximum atomic E-state index is 12.8. The highest BCUT2D eigenvalue weighted by Crippen LogP contribution is 2.36. The maximum Gasteiger partial charge on any atom is 0.417 e. The molecule has 0 fully saturated rings. The van der Waals surface area contributed by atoms with E-state index in [1.807, 2.05) is 13.8 Å². The first-order chi connectivity index (χ1) is 11.0. The van der Waals surface area contributed by atoms with E-state index in [-0.39, 0.29) is 16.5 Å². The number of rotatable bonds is 4. The van der Waals surface area contributed by atoms with Crippen molar-refractivity contribution in [2.45, 2.75) is 30.8 Å². The van der Waals surface area contributed by atoms with Gasteiger partial charge in [-0.3, -0.25) is 4.72 Å². The van der Waals surface area contributed by atoms with Gasteiger partial charge >= 0.3 is 6.18 Å². The molecule has 2 rings (SSSR count). The normalized spacial score (nSPS) is 12.5. The van der Waals surface area contributed by atoms with Crippen LogP contribution in [0, 0.1) is 0 Å². The van der Waals surface area contributed by atoms with E-state index in [1.165, 1.54) is 18.2 Å².